The largest absolute Gasteiger partial charge is 0.271 e. The highest BCUT2D eigenvalue weighted by molar-refractivity contribution is 5.26. The van der Waals surface area contributed by atoms with E-state index in [0.29, 0.717) is 6.04 Å². The Morgan fingerprint density at radius 3 is 2.44 bits per heavy atom. The van der Waals surface area contributed by atoms with Gasteiger partial charge in [0.2, 0.25) is 0 Å². The number of hydrazine groups is 1. The summed E-state index contributed by atoms with van der Waals surface area (Å²) in [5, 5.41) is 0. The topological polar surface area (TPSA) is 38.0 Å². The van der Waals surface area contributed by atoms with Crippen molar-refractivity contribution in [3.05, 3.63) is 35.9 Å². The van der Waals surface area contributed by atoms with Crippen LogP contribution in [-0.2, 0) is 0 Å². The molecule has 3 N–H and O–H groups in total. The van der Waals surface area contributed by atoms with Crippen LogP contribution in [0.5, 0.6) is 0 Å². The molecule has 0 heterocycles. The lowest BCUT2D eigenvalue weighted by Gasteiger charge is -2.21. The Morgan fingerprint density at radius 2 is 1.89 bits per heavy atom. The number of hydrogen-bond acceptors (Lipinski definition) is 2. The van der Waals surface area contributed by atoms with E-state index in [1.807, 2.05) is 0 Å². The summed E-state index contributed by atoms with van der Waals surface area (Å²) in [4.78, 5) is 0. The van der Waals surface area contributed by atoms with Crippen molar-refractivity contribution in [2.75, 3.05) is 0 Å². The van der Waals surface area contributed by atoms with Gasteiger partial charge >= 0.3 is 0 Å². The van der Waals surface area contributed by atoms with Crippen molar-refractivity contribution in [1.29, 1.82) is 0 Å². The fraction of sp³-hybridized carbons (Fsp3) is 0.625. The van der Waals surface area contributed by atoms with Crippen LogP contribution in [0.25, 0.3) is 0 Å². The second-order valence-electron chi connectivity index (χ2n) is 5.61. The Bertz CT molecular complexity index is 345. The average Bonchev–Trinajstić information content (AvgIpc) is 3.22. The van der Waals surface area contributed by atoms with E-state index >= 15 is 0 Å². The van der Waals surface area contributed by atoms with E-state index in [1.165, 1.54) is 31.2 Å². The molecule has 0 saturated heterocycles. The van der Waals surface area contributed by atoms with Crippen LogP contribution in [0.4, 0.5) is 0 Å². The standard InChI is InChI=1S/C16H26N2/c1-3-12(4-2)10-16(18-17)15-11-14(15)13-8-6-5-7-9-13/h5-9,12,14-16,18H,3-4,10-11,17H2,1-2H3. The molecule has 1 aliphatic carbocycles. The van der Waals surface area contributed by atoms with Crippen molar-refractivity contribution in [2.24, 2.45) is 17.7 Å². The van der Waals surface area contributed by atoms with E-state index < -0.39 is 0 Å². The minimum absolute atomic E-state index is 0.486. The third kappa shape index (κ3) is 3.12. The van der Waals surface area contributed by atoms with Crippen molar-refractivity contribution in [3.8, 4) is 0 Å². The Hall–Kier alpha value is -0.860. The number of benzene rings is 1. The number of rotatable bonds is 7. The summed E-state index contributed by atoms with van der Waals surface area (Å²) in [5.41, 5.74) is 4.54. The molecule has 3 atom stereocenters. The molecule has 0 aliphatic heterocycles. The van der Waals surface area contributed by atoms with Gasteiger partial charge in [0.25, 0.3) is 0 Å². The van der Waals surface area contributed by atoms with Crippen LogP contribution < -0.4 is 11.3 Å². The van der Waals surface area contributed by atoms with Crippen molar-refractivity contribution in [2.45, 2.75) is 51.5 Å². The zero-order chi connectivity index (χ0) is 13.0. The molecule has 1 aromatic carbocycles. The van der Waals surface area contributed by atoms with E-state index in [9.17, 15) is 0 Å². The molecule has 1 fully saturated rings. The summed E-state index contributed by atoms with van der Waals surface area (Å²) in [7, 11) is 0. The molecule has 1 aliphatic rings. The molecule has 0 spiro atoms. The highest BCUT2D eigenvalue weighted by atomic mass is 15.2. The fourth-order valence-corrected chi connectivity index (χ4v) is 3.09. The van der Waals surface area contributed by atoms with E-state index in [4.69, 9.17) is 5.84 Å². The van der Waals surface area contributed by atoms with Crippen molar-refractivity contribution in [3.63, 3.8) is 0 Å². The van der Waals surface area contributed by atoms with Crippen molar-refractivity contribution in [1.82, 2.24) is 5.43 Å². The first-order valence-electron chi connectivity index (χ1n) is 7.31. The van der Waals surface area contributed by atoms with E-state index in [0.717, 1.165) is 17.8 Å². The summed E-state index contributed by atoms with van der Waals surface area (Å²) in [5.74, 6) is 8.03. The number of nitrogens with two attached hydrogens (primary N) is 1. The third-order valence-electron chi connectivity index (χ3n) is 4.54. The van der Waals surface area contributed by atoms with Crippen molar-refractivity contribution >= 4 is 0 Å². The SMILES string of the molecule is CCC(CC)CC(NN)C1CC1c1ccccc1. The van der Waals surface area contributed by atoms with Gasteiger partial charge in [0.15, 0.2) is 0 Å². The molecular formula is C16H26N2. The molecule has 0 aromatic heterocycles. The van der Waals surface area contributed by atoms with Crippen LogP contribution in [0.1, 0.15) is 51.0 Å². The second-order valence-corrected chi connectivity index (χ2v) is 5.61. The average molecular weight is 246 g/mol. The maximum atomic E-state index is 5.76. The van der Waals surface area contributed by atoms with Crippen LogP contribution in [0.2, 0.25) is 0 Å². The van der Waals surface area contributed by atoms with Crippen LogP contribution >= 0.6 is 0 Å². The summed E-state index contributed by atoms with van der Waals surface area (Å²) in [6, 6.07) is 11.3. The zero-order valence-electron chi connectivity index (χ0n) is 11.6. The summed E-state index contributed by atoms with van der Waals surface area (Å²) >= 11 is 0. The van der Waals surface area contributed by atoms with Crippen LogP contribution in [0, 0.1) is 11.8 Å². The minimum Gasteiger partial charge on any atom is -0.271 e. The van der Waals surface area contributed by atoms with E-state index in [2.05, 4.69) is 49.6 Å². The van der Waals surface area contributed by atoms with Gasteiger partial charge in [-0.2, -0.15) is 0 Å². The molecule has 0 bridgehead atoms. The van der Waals surface area contributed by atoms with Gasteiger partial charge in [0.05, 0.1) is 0 Å². The van der Waals surface area contributed by atoms with Crippen LogP contribution in [0.15, 0.2) is 30.3 Å². The van der Waals surface area contributed by atoms with Gasteiger partial charge in [0, 0.05) is 6.04 Å². The molecule has 2 rings (SSSR count). The molecule has 18 heavy (non-hydrogen) atoms. The van der Waals surface area contributed by atoms with Gasteiger partial charge < -0.3 is 0 Å². The number of nitrogens with one attached hydrogen (secondary N) is 1. The van der Waals surface area contributed by atoms with Gasteiger partial charge in [0.1, 0.15) is 0 Å². The van der Waals surface area contributed by atoms with Crippen molar-refractivity contribution < 1.29 is 0 Å². The summed E-state index contributed by atoms with van der Waals surface area (Å²) < 4.78 is 0. The van der Waals surface area contributed by atoms with E-state index in [-0.39, 0.29) is 0 Å². The van der Waals surface area contributed by atoms with Crippen LogP contribution in [-0.4, -0.2) is 6.04 Å². The van der Waals surface area contributed by atoms with E-state index in [1.54, 1.807) is 0 Å². The van der Waals surface area contributed by atoms with Crippen LogP contribution in [0.3, 0.4) is 0 Å². The molecule has 2 nitrogen and oxygen atoms in total. The monoisotopic (exact) mass is 246 g/mol. The lowest BCUT2D eigenvalue weighted by Crippen LogP contribution is -2.38. The smallest absolute Gasteiger partial charge is 0.0247 e. The highest BCUT2D eigenvalue weighted by Crippen LogP contribution is 2.50. The first-order valence-corrected chi connectivity index (χ1v) is 7.31. The molecular weight excluding hydrogens is 220 g/mol. The first kappa shape index (κ1) is 13.6. The van der Waals surface area contributed by atoms with Gasteiger partial charge in [-0.1, -0.05) is 57.0 Å². The molecule has 0 radical (unpaired) electrons. The maximum absolute atomic E-state index is 5.76. The lowest BCUT2D eigenvalue weighted by atomic mass is 9.91. The third-order valence-corrected chi connectivity index (χ3v) is 4.54. The zero-order valence-corrected chi connectivity index (χ0v) is 11.6. The Kier molecular flexibility index (Phi) is 4.79. The Morgan fingerprint density at radius 1 is 1.22 bits per heavy atom. The number of hydrogen-bond donors (Lipinski definition) is 2. The molecule has 2 heteroatoms. The molecule has 100 valence electrons. The Labute approximate surface area is 111 Å². The molecule has 1 saturated carbocycles. The molecule has 1 aromatic rings. The van der Waals surface area contributed by atoms with Gasteiger partial charge in [-0.25, -0.2) is 0 Å². The normalized spacial score (nSPS) is 24.2. The molecule has 0 amide bonds. The van der Waals surface area contributed by atoms with Gasteiger partial charge in [-0.3, -0.25) is 11.3 Å². The highest BCUT2D eigenvalue weighted by Gasteiger charge is 2.43. The van der Waals surface area contributed by atoms with Gasteiger partial charge in [-0.15, -0.1) is 0 Å². The first-order chi connectivity index (χ1) is 8.80. The minimum atomic E-state index is 0.486. The second kappa shape index (κ2) is 6.35. The predicted octanol–water partition coefficient (Wildman–Crippen LogP) is 3.45. The maximum Gasteiger partial charge on any atom is 0.0247 e. The lowest BCUT2D eigenvalue weighted by molar-refractivity contribution is 0.340. The van der Waals surface area contributed by atoms with Gasteiger partial charge in [-0.05, 0) is 36.2 Å². The Balaban J connectivity index is 1.92. The summed E-state index contributed by atoms with van der Waals surface area (Å²) in [6.45, 7) is 4.56. The predicted molar refractivity (Wildman–Crippen MR) is 77.1 cm³/mol. The summed E-state index contributed by atoms with van der Waals surface area (Å²) in [6.07, 6.45) is 5.03. The fourth-order valence-electron chi connectivity index (χ4n) is 3.09. The molecule has 3 unspecified atom stereocenters. The quantitative estimate of drug-likeness (QED) is 0.571.